The summed E-state index contributed by atoms with van der Waals surface area (Å²) >= 11 is 0. The first-order chi connectivity index (χ1) is 9.08. The van der Waals surface area contributed by atoms with Crippen LogP contribution in [0.5, 0.6) is 0 Å². The number of carbonyl (C=O) groups is 2. The molecule has 2 bridgehead atoms. The molecule has 4 heteroatoms. The van der Waals surface area contributed by atoms with Crippen molar-refractivity contribution in [1.82, 2.24) is 4.90 Å². The number of carboxylic acids is 1. The molecule has 4 nitrogen and oxygen atoms in total. The smallest absolute Gasteiger partial charge is 0.307 e. The average Bonchev–Trinajstić information content (AvgIpc) is 2.98. The number of nitrogens with zero attached hydrogens (tertiary/aromatic N) is 1. The van der Waals surface area contributed by atoms with Crippen LogP contribution in [0.3, 0.4) is 0 Å². The third kappa shape index (κ3) is 2.07. The summed E-state index contributed by atoms with van der Waals surface area (Å²) in [5, 5.41) is 9.39. The van der Waals surface area contributed by atoms with Crippen molar-refractivity contribution in [3.63, 3.8) is 0 Å². The molecule has 0 spiro atoms. The number of likely N-dealkylation sites (tertiary alicyclic amines) is 1. The highest BCUT2D eigenvalue weighted by molar-refractivity contribution is 5.87. The minimum atomic E-state index is -0.805. The van der Waals surface area contributed by atoms with Gasteiger partial charge in [-0.3, -0.25) is 9.59 Å². The Morgan fingerprint density at radius 3 is 2.26 bits per heavy atom. The summed E-state index contributed by atoms with van der Waals surface area (Å²) < 4.78 is 0. The summed E-state index contributed by atoms with van der Waals surface area (Å²) in [6.45, 7) is 3.80. The SMILES string of the molecule is CC1CCN(C(=O)[C@@H]2[C@H](C(=O)O)[C@@H]3C=C[C@H]2C3)CC1. The van der Waals surface area contributed by atoms with Gasteiger partial charge in [0.15, 0.2) is 0 Å². The van der Waals surface area contributed by atoms with Crippen LogP contribution in [0.25, 0.3) is 0 Å². The van der Waals surface area contributed by atoms with Crippen LogP contribution in [0.2, 0.25) is 0 Å². The first-order valence-electron chi connectivity index (χ1n) is 7.28. The van der Waals surface area contributed by atoms with Crippen molar-refractivity contribution in [1.29, 1.82) is 0 Å². The number of amides is 1. The molecule has 2 aliphatic carbocycles. The predicted octanol–water partition coefficient (Wildman–Crippen LogP) is 1.77. The molecule has 1 saturated carbocycles. The van der Waals surface area contributed by atoms with Gasteiger partial charge in [-0.25, -0.2) is 0 Å². The van der Waals surface area contributed by atoms with Gasteiger partial charge in [0, 0.05) is 13.1 Å². The minimum absolute atomic E-state index is 0.0696. The van der Waals surface area contributed by atoms with Gasteiger partial charge in [0.1, 0.15) is 0 Å². The van der Waals surface area contributed by atoms with Gasteiger partial charge in [0.2, 0.25) is 5.91 Å². The third-order valence-electron chi connectivity index (χ3n) is 5.12. The number of rotatable bonds is 2. The van der Waals surface area contributed by atoms with Crippen molar-refractivity contribution in [2.24, 2.45) is 29.6 Å². The predicted molar refractivity (Wildman–Crippen MR) is 70.3 cm³/mol. The second-order valence-corrected chi connectivity index (χ2v) is 6.35. The maximum atomic E-state index is 12.6. The number of aliphatic carboxylic acids is 1. The van der Waals surface area contributed by atoms with Crippen molar-refractivity contribution >= 4 is 11.9 Å². The Bertz CT molecular complexity index is 423. The second-order valence-electron chi connectivity index (χ2n) is 6.35. The van der Waals surface area contributed by atoms with E-state index in [4.69, 9.17) is 0 Å². The topological polar surface area (TPSA) is 57.6 Å². The van der Waals surface area contributed by atoms with Crippen molar-refractivity contribution in [2.45, 2.75) is 26.2 Å². The Morgan fingerprint density at radius 1 is 1.11 bits per heavy atom. The highest BCUT2D eigenvalue weighted by Gasteiger charge is 2.52. The van der Waals surface area contributed by atoms with Crippen LogP contribution in [0.1, 0.15) is 26.2 Å². The van der Waals surface area contributed by atoms with E-state index in [1.54, 1.807) is 0 Å². The van der Waals surface area contributed by atoms with Crippen LogP contribution in [0.15, 0.2) is 12.2 Å². The standard InChI is InChI=1S/C15H21NO3/c1-9-4-6-16(7-5-9)14(17)12-10-2-3-11(8-10)13(12)15(18)19/h2-3,9-13H,4-8H2,1H3,(H,18,19)/t10-,11+,12-,13+/m0/s1. The van der Waals surface area contributed by atoms with Gasteiger partial charge < -0.3 is 10.0 Å². The molecule has 0 aromatic heterocycles. The number of carboxylic acid groups (broad SMARTS) is 1. The number of piperidine rings is 1. The van der Waals surface area contributed by atoms with E-state index in [1.807, 2.05) is 11.0 Å². The zero-order valence-electron chi connectivity index (χ0n) is 11.3. The number of hydrogen-bond acceptors (Lipinski definition) is 2. The first kappa shape index (κ1) is 12.7. The molecule has 104 valence electrons. The highest BCUT2D eigenvalue weighted by atomic mass is 16.4. The lowest BCUT2D eigenvalue weighted by atomic mass is 9.81. The van der Waals surface area contributed by atoms with Crippen LogP contribution in [-0.2, 0) is 9.59 Å². The number of fused-ring (bicyclic) bond motifs is 2. The van der Waals surface area contributed by atoms with Gasteiger partial charge in [0.25, 0.3) is 0 Å². The van der Waals surface area contributed by atoms with Crippen LogP contribution in [0.4, 0.5) is 0 Å². The first-order valence-corrected chi connectivity index (χ1v) is 7.28. The second kappa shape index (κ2) is 4.66. The molecule has 1 saturated heterocycles. The van der Waals surface area contributed by atoms with E-state index >= 15 is 0 Å². The zero-order valence-corrected chi connectivity index (χ0v) is 11.3. The van der Waals surface area contributed by atoms with E-state index in [-0.39, 0.29) is 23.7 Å². The van der Waals surface area contributed by atoms with E-state index in [1.165, 1.54) is 0 Å². The molecule has 0 unspecified atom stereocenters. The van der Waals surface area contributed by atoms with Crippen molar-refractivity contribution in [3.8, 4) is 0 Å². The molecular formula is C15H21NO3. The van der Waals surface area contributed by atoms with E-state index in [2.05, 4.69) is 13.0 Å². The molecule has 3 rings (SSSR count). The maximum Gasteiger partial charge on any atom is 0.307 e. The van der Waals surface area contributed by atoms with E-state index in [0.717, 1.165) is 32.4 Å². The molecule has 1 heterocycles. The molecule has 19 heavy (non-hydrogen) atoms. The molecule has 0 aromatic carbocycles. The van der Waals surface area contributed by atoms with Gasteiger partial charge in [-0.05, 0) is 37.0 Å². The summed E-state index contributed by atoms with van der Waals surface area (Å²) in [5.41, 5.74) is 0. The lowest BCUT2D eigenvalue weighted by Gasteiger charge is -2.35. The highest BCUT2D eigenvalue weighted by Crippen LogP contribution is 2.49. The van der Waals surface area contributed by atoms with Gasteiger partial charge in [-0.2, -0.15) is 0 Å². The van der Waals surface area contributed by atoms with Crippen LogP contribution < -0.4 is 0 Å². The minimum Gasteiger partial charge on any atom is -0.481 e. The molecule has 0 aromatic rings. The summed E-state index contributed by atoms with van der Waals surface area (Å²) in [4.78, 5) is 26.0. The normalized spacial score (nSPS) is 37.8. The molecular weight excluding hydrogens is 242 g/mol. The fourth-order valence-corrected chi connectivity index (χ4v) is 3.94. The van der Waals surface area contributed by atoms with Gasteiger partial charge in [-0.15, -0.1) is 0 Å². The van der Waals surface area contributed by atoms with Crippen LogP contribution in [-0.4, -0.2) is 35.0 Å². The average molecular weight is 263 g/mol. The van der Waals surface area contributed by atoms with Gasteiger partial charge >= 0.3 is 5.97 Å². The van der Waals surface area contributed by atoms with E-state index < -0.39 is 11.9 Å². The Labute approximate surface area is 113 Å². The summed E-state index contributed by atoms with van der Waals surface area (Å²) in [5.74, 6) is -0.642. The Hall–Kier alpha value is -1.32. The summed E-state index contributed by atoms with van der Waals surface area (Å²) in [7, 11) is 0. The number of allylic oxidation sites excluding steroid dienone is 2. The Kier molecular flexibility index (Phi) is 3.11. The van der Waals surface area contributed by atoms with E-state index in [9.17, 15) is 14.7 Å². The molecule has 2 fully saturated rings. The fraction of sp³-hybridized carbons (Fsp3) is 0.733. The molecule has 4 atom stereocenters. The molecule has 3 aliphatic rings. The van der Waals surface area contributed by atoms with Crippen molar-refractivity contribution < 1.29 is 14.7 Å². The van der Waals surface area contributed by atoms with Crippen molar-refractivity contribution in [3.05, 3.63) is 12.2 Å². The summed E-state index contributed by atoms with van der Waals surface area (Å²) in [6.07, 6.45) is 6.97. The Morgan fingerprint density at radius 2 is 1.68 bits per heavy atom. The molecule has 0 radical (unpaired) electrons. The molecule has 1 amide bonds. The lowest BCUT2D eigenvalue weighted by Crippen LogP contribution is -2.45. The maximum absolute atomic E-state index is 12.6. The monoisotopic (exact) mass is 263 g/mol. The zero-order chi connectivity index (χ0) is 13.6. The largest absolute Gasteiger partial charge is 0.481 e. The van der Waals surface area contributed by atoms with E-state index in [0.29, 0.717) is 5.92 Å². The molecule has 1 N–H and O–H groups in total. The van der Waals surface area contributed by atoms with Crippen molar-refractivity contribution in [2.75, 3.05) is 13.1 Å². The van der Waals surface area contributed by atoms with Gasteiger partial charge in [-0.1, -0.05) is 19.1 Å². The third-order valence-corrected chi connectivity index (χ3v) is 5.12. The summed E-state index contributed by atoms with van der Waals surface area (Å²) in [6, 6.07) is 0. The van der Waals surface area contributed by atoms with Gasteiger partial charge in [0.05, 0.1) is 11.8 Å². The quantitative estimate of drug-likeness (QED) is 0.772. The lowest BCUT2D eigenvalue weighted by molar-refractivity contribution is -0.151. The van der Waals surface area contributed by atoms with Crippen LogP contribution in [0, 0.1) is 29.6 Å². The Balaban J connectivity index is 1.75. The number of hydrogen-bond donors (Lipinski definition) is 1. The van der Waals surface area contributed by atoms with Crippen LogP contribution >= 0.6 is 0 Å². The fourth-order valence-electron chi connectivity index (χ4n) is 3.94. The molecule has 1 aliphatic heterocycles. The number of carbonyl (C=O) groups excluding carboxylic acids is 1.